The van der Waals surface area contributed by atoms with Crippen LogP contribution in [0.15, 0.2) is 15.1 Å². The molecule has 0 aliphatic carbocycles. The van der Waals surface area contributed by atoms with Crippen molar-refractivity contribution in [3.63, 3.8) is 0 Å². The van der Waals surface area contributed by atoms with Gasteiger partial charge >= 0.3 is 0 Å². The minimum atomic E-state index is 0.961. The maximum Gasteiger partial charge on any atom is 0.109 e. The number of aryl methyl sites for hydroxylation is 2. The highest BCUT2D eigenvalue weighted by atomic mass is 79.9. The van der Waals surface area contributed by atoms with Crippen LogP contribution in [0.3, 0.4) is 0 Å². The molecular formula is C9H11Br2N. The molecule has 0 aromatic carbocycles. The number of hydrogen-bond acceptors (Lipinski definition) is 1. The smallest absolute Gasteiger partial charge is 0.109 e. The zero-order valence-corrected chi connectivity index (χ0v) is 10.4. The molecule has 1 heterocycles. The molecule has 3 heteroatoms. The summed E-state index contributed by atoms with van der Waals surface area (Å²) in [5.41, 5.74) is 2.36. The van der Waals surface area contributed by atoms with Gasteiger partial charge in [-0.1, -0.05) is 13.8 Å². The Labute approximate surface area is 89.8 Å². The van der Waals surface area contributed by atoms with Crippen LogP contribution in [0.5, 0.6) is 0 Å². The van der Waals surface area contributed by atoms with Gasteiger partial charge in [-0.15, -0.1) is 0 Å². The third kappa shape index (κ3) is 2.07. The topological polar surface area (TPSA) is 12.9 Å². The molecular weight excluding hydrogens is 282 g/mol. The lowest BCUT2D eigenvalue weighted by atomic mass is 10.2. The second-order valence-electron chi connectivity index (χ2n) is 2.57. The summed E-state index contributed by atoms with van der Waals surface area (Å²) in [4.78, 5) is 4.43. The van der Waals surface area contributed by atoms with E-state index in [9.17, 15) is 0 Å². The Bertz CT molecular complexity index is 254. The highest BCUT2D eigenvalue weighted by molar-refractivity contribution is 9.11. The van der Waals surface area contributed by atoms with E-state index in [0.29, 0.717) is 0 Å². The third-order valence-electron chi connectivity index (χ3n) is 1.79. The van der Waals surface area contributed by atoms with Crippen LogP contribution in [0.2, 0.25) is 0 Å². The van der Waals surface area contributed by atoms with Crippen molar-refractivity contribution >= 4 is 31.9 Å². The molecule has 0 aliphatic rings. The van der Waals surface area contributed by atoms with Crippen molar-refractivity contribution in [3.8, 4) is 0 Å². The summed E-state index contributed by atoms with van der Waals surface area (Å²) < 4.78 is 2.09. The summed E-state index contributed by atoms with van der Waals surface area (Å²) >= 11 is 6.95. The van der Waals surface area contributed by atoms with E-state index in [2.05, 4.69) is 56.8 Å². The molecule has 0 aliphatic heterocycles. The number of hydrogen-bond donors (Lipinski definition) is 0. The van der Waals surface area contributed by atoms with Crippen LogP contribution >= 0.6 is 31.9 Å². The van der Waals surface area contributed by atoms with Crippen molar-refractivity contribution in [2.24, 2.45) is 0 Å². The number of nitrogens with zero attached hydrogens (tertiary/aromatic N) is 1. The van der Waals surface area contributed by atoms with Gasteiger partial charge in [0.2, 0.25) is 0 Å². The van der Waals surface area contributed by atoms with Gasteiger partial charge in [-0.25, -0.2) is 4.98 Å². The minimum Gasteiger partial charge on any atom is -0.244 e. The van der Waals surface area contributed by atoms with Gasteiger partial charge in [-0.2, -0.15) is 0 Å². The summed E-state index contributed by atoms with van der Waals surface area (Å²) in [6.45, 7) is 4.23. The Morgan fingerprint density at radius 2 is 1.92 bits per heavy atom. The van der Waals surface area contributed by atoms with Crippen molar-refractivity contribution in [2.75, 3.05) is 0 Å². The van der Waals surface area contributed by atoms with E-state index in [0.717, 1.165) is 27.6 Å². The van der Waals surface area contributed by atoms with E-state index in [1.54, 1.807) is 0 Å². The zero-order valence-electron chi connectivity index (χ0n) is 7.19. The molecule has 66 valence electrons. The fourth-order valence-electron chi connectivity index (χ4n) is 1.04. The number of halogens is 2. The molecule has 1 rings (SSSR count). The van der Waals surface area contributed by atoms with Gasteiger partial charge in [-0.3, -0.25) is 0 Å². The molecule has 0 atom stereocenters. The average Bonchev–Trinajstić information content (AvgIpc) is 2.08. The number of aromatic nitrogens is 1. The Morgan fingerprint density at radius 1 is 1.25 bits per heavy atom. The van der Waals surface area contributed by atoms with Crippen LogP contribution in [0.1, 0.15) is 25.1 Å². The van der Waals surface area contributed by atoms with E-state index >= 15 is 0 Å². The van der Waals surface area contributed by atoms with E-state index in [4.69, 9.17) is 0 Å². The standard InChI is InChI=1S/C9H11Br2N/c1-3-6-5-7(10)8(4-2)12-9(6)11/h5H,3-4H2,1-2H3. The Balaban J connectivity index is 3.16. The van der Waals surface area contributed by atoms with E-state index in [1.807, 2.05) is 0 Å². The van der Waals surface area contributed by atoms with Crippen molar-refractivity contribution in [2.45, 2.75) is 26.7 Å². The molecule has 1 aromatic heterocycles. The molecule has 0 saturated heterocycles. The first-order chi connectivity index (χ1) is 5.69. The lowest BCUT2D eigenvalue weighted by molar-refractivity contribution is 0.973. The molecule has 12 heavy (non-hydrogen) atoms. The fraction of sp³-hybridized carbons (Fsp3) is 0.444. The monoisotopic (exact) mass is 291 g/mol. The zero-order chi connectivity index (χ0) is 9.14. The first-order valence-electron chi connectivity index (χ1n) is 4.02. The summed E-state index contributed by atoms with van der Waals surface area (Å²) in [7, 11) is 0. The normalized spacial score (nSPS) is 10.3. The van der Waals surface area contributed by atoms with Crippen LogP contribution < -0.4 is 0 Å². The van der Waals surface area contributed by atoms with Crippen LogP contribution in [-0.4, -0.2) is 4.98 Å². The van der Waals surface area contributed by atoms with Crippen molar-refractivity contribution < 1.29 is 0 Å². The summed E-state index contributed by atoms with van der Waals surface area (Å²) in [6.07, 6.45) is 1.97. The molecule has 0 radical (unpaired) electrons. The van der Waals surface area contributed by atoms with Gasteiger partial charge in [0.15, 0.2) is 0 Å². The Morgan fingerprint density at radius 3 is 2.42 bits per heavy atom. The minimum absolute atomic E-state index is 0.961. The third-order valence-corrected chi connectivity index (χ3v) is 3.16. The first kappa shape index (κ1) is 10.2. The highest BCUT2D eigenvalue weighted by Gasteiger charge is 2.04. The van der Waals surface area contributed by atoms with Crippen LogP contribution in [0, 0.1) is 0 Å². The average molecular weight is 293 g/mol. The molecule has 0 unspecified atom stereocenters. The van der Waals surface area contributed by atoms with Gasteiger partial charge in [0, 0.05) is 4.47 Å². The van der Waals surface area contributed by atoms with Crippen molar-refractivity contribution in [1.82, 2.24) is 4.98 Å². The molecule has 1 aromatic rings. The van der Waals surface area contributed by atoms with Crippen LogP contribution in [0.25, 0.3) is 0 Å². The second kappa shape index (κ2) is 4.38. The summed E-state index contributed by atoms with van der Waals surface area (Å²) in [6, 6.07) is 2.13. The maximum absolute atomic E-state index is 4.43. The summed E-state index contributed by atoms with van der Waals surface area (Å²) in [5, 5.41) is 0. The SMILES string of the molecule is CCc1cc(Br)c(CC)nc1Br. The molecule has 0 N–H and O–H groups in total. The van der Waals surface area contributed by atoms with Gasteiger partial charge in [0.25, 0.3) is 0 Å². The summed E-state index contributed by atoms with van der Waals surface area (Å²) in [5.74, 6) is 0. The Kier molecular flexibility index (Phi) is 3.72. The van der Waals surface area contributed by atoms with Crippen LogP contribution in [0.4, 0.5) is 0 Å². The van der Waals surface area contributed by atoms with Crippen molar-refractivity contribution in [3.05, 3.63) is 26.4 Å². The van der Waals surface area contributed by atoms with E-state index in [1.165, 1.54) is 5.56 Å². The quantitative estimate of drug-likeness (QED) is 0.757. The molecule has 0 amide bonds. The number of pyridine rings is 1. The maximum atomic E-state index is 4.43. The predicted molar refractivity (Wildman–Crippen MR) is 58.4 cm³/mol. The van der Waals surface area contributed by atoms with Gasteiger partial charge in [0.1, 0.15) is 4.60 Å². The fourth-order valence-corrected chi connectivity index (χ4v) is 2.29. The van der Waals surface area contributed by atoms with E-state index in [-0.39, 0.29) is 0 Å². The highest BCUT2D eigenvalue weighted by Crippen LogP contribution is 2.23. The lowest BCUT2D eigenvalue weighted by Crippen LogP contribution is -1.94. The van der Waals surface area contributed by atoms with Gasteiger partial charge in [0.05, 0.1) is 5.69 Å². The van der Waals surface area contributed by atoms with Crippen LogP contribution in [-0.2, 0) is 12.8 Å². The molecule has 1 nitrogen and oxygen atoms in total. The molecule has 0 saturated carbocycles. The second-order valence-corrected chi connectivity index (χ2v) is 4.18. The largest absolute Gasteiger partial charge is 0.244 e. The Hall–Kier alpha value is 0.110. The molecule has 0 fully saturated rings. The molecule has 0 bridgehead atoms. The first-order valence-corrected chi connectivity index (χ1v) is 5.61. The molecule has 0 spiro atoms. The number of rotatable bonds is 2. The van der Waals surface area contributed by atoms with E-state index < -0.39 is 0 Å². The predicted octanol–water partition coefficient (Wildman–Crippen LogP) is 3.73. The van der Waals surface area contributed by atoms with Crippen molar-refractivity contribution in [1.29, 1.82) is 0 Å². The lowest BCUT2D eigenvalue weighted by Gasteiger charge is -2.05. The van der Waals surface area contributed by atoms with Gasteiger partial charge < -0.3 is 0 Å². The van der Waals surface area contributed by atoms with Gasteiger partial charge in [-0.05, 0) is 56.3 Å².